The maximum Gasteiger partial charge on any atom is 0.252 e. The van der Waals surface area contributed by atoms with Gasteiger partial charge in [0.1, 0.15) is 5.82 Å². The fourth-order valence-corrected chi connectivity index (χ4v) is 3.19. The second-order valence-corrected chi connectivity index (χ2v) is 6.77. The van der Waals surface area contributed by atoms with Gasteiger partial charge < -0.3 is 26.7 Å². The highest BCUT2D eigenvalue weighted by molar-refractivity contribution is 5.98. The predicted octanol–water partition coefficient (Wildman–Crippen LogP) is 1.44. The Bertz CT molecular complexity index is 913. The summed E-state index contributed by atoms with van der Waals surface area (Å²) >= 11 is 0. The van der Waals surface area contributed by atoms with Gasteiger partial charge in [-0.15, -0.1) is 0 Å². The molecule has 0 spiro atoms. The van der Waals surface area contributed by atoms with Crippen LogP contribution < -0.4 is 27.7 Å². The van der Waals surface area contributed by atoms with Gasteiger partial charge in [-0.25, -0.2) is 9.37 Å². The first-order valence-corrected chi connectivity index (χ1v) is 8.81. The Hall–Kier alpha value is -2.94. The number of hydrogen-bond donors (Lipinski definition) is 4. The number of hydrogen-bond acceptors (Lipinski definition) is 6. The van der Waals surface area contributed by atoms with E-state index in [1.807, 2.05) is 0 Å². The number of primary amides is 1. The molecule has 9 heteroatoms. The third-order valence-electron chi connectivity index (χ3n) is 4.73. The first-order chi connectivity index (χ1) is 12.8. The first-order valence-electron chi connectivity index (χ1n) is 8.81. The molecule has 8 nitrogen and oxygen atoms in total. The average molecular weight is 374 g/mol. The minimum absolute atomic E-state index is 0.00895. The fourth-order valence-electron chi connectivity index (χ4n) is 3.19. The highest BCUT2D eigenvalue weighted by atomic mass is 19.1. The van der Waals surface area contributed by atoms with Gasteiger partial charge in [0, 0.05) is 31.4 Å². The van der Waals surface area contributed by atoms with Gasteiger partial charge in [-0.3, -0.25) is 9.59 Å². The van der Waals surface area contributed by atoms with Crippen molar-refractivity contribution in [2.45, 2.75) is 37.8 Å². The lowest BCUT2D eigenvalue weighted by molar-refractivity contribution is 0.100. The average Bonchev–Trinajstić information content (AvgIpc) is 2.62. The Morgan fingerprint density at radius 2 is 2.04 bits per heavy atom. The number of carbonyl (C=O) groups excluding carboxylic acids is 1. The summed E-state index contributed by atoms with van der Waals surface area (Å²) in [5.41, 5.74) is 11.7. The van der Waals surface area contributed by atoms with Gasteiger partial charge >= 0.3 is 0 Å². The normalized spacial score (nSPS) is 19.5. The molecular weight excluding hydrogens is 351 g/mol. The number of anilines is 3. The number of rotatable bonds is 5. The summed E-state index contributed by atoms with van der Waals surface area (Å²) in [4.78, 5) is 27.5. The number of amides is 1. The van der Waals surface area contributed by atoms with Crippen LogP contribution in [0.4, 0.5) is 21.7 Å². The van der Waals surface area contributed by atoms with Gasteiger partial charge in [-0.05, 0) is 25.0 Å². The van der Waals surface area contributed by atoms with E-state index in [0.29, 0.717) is 5.69 Å². The zero-order valence-corrected chi connectivity index (χ0v) is 15.0. The minimum Gasteiger partial charge on any atom is -0.365 e. The second-order valence-electron chi connectivity index (χ2n) is 6.77. The van der Waals surface area contributed by atoms with Crippen molar-refractivity contribution in [1.29, 1.82) is 0 Å². The number of nitrogens with zero attached hydrogens (tertiary/aromatic N) is 2. The monoisotopic (exact) mass is 374 g/mol. The standard InChI is InChI=1S/C18H23FN6O2/c1-25-9-10(6-7-15(25)26)22-17-11(16(21)27)8-12(19)18(24-17)23-14-5-3-2-4-13(14)20/h6-9,13-14H,2-5,20H2,1H3,(H2,21,27)(H2,22,23,24)/t13-,14?/m0/s1. The van der Waals surface area contributed by atoms with E-state index >= 15 is 0 Å². The summed E-state index contributed by atoms with van der Waals surface area (Å²) in [6, 6.07) is 3.79. The molecule has 0 bridgehead atoms. The Balaban J connectivity index is 1.94. The van der Waals surface area contributed by atoms with Gasteiger partial charge in [0.2, 0.25) is 5.56 Å². The number of aryl methyl sites for hydroxylation is 1. The molecule has 3 rings (SSSR count). The number of nitrogens with two attached hydrogens (primary N) is 2. The van der Waals surface area contributed by atoms with Gasteiger partial charge in [-0.2, -0.15) is 0 Å². The van der Waals surface area contributed by atoms with Crippen molar-refractivity contribution >= 4 is 23.2 Å². The molecule has 2 heterocycles. The molecule has 2 aromatic heterocycles. The Labute approximate surface area is 155 Å². The summed E-state index contributed by atoms with van der Waals surface area (Å²) in [6.45, 7) is 0. The Morgan fingerprint density at radius 1 is 1.30 bits per heavy atom. The molecule has 27 heavy (non-hydrogen) atoms. The molecule has 0 radical (unpaired) electrons. The van der Waals surface area contributed by atoms with Crippen LogP contribution in [0.3, 0.4) is 0 Å². The van der Waals surface area contributed by atoms with Crippen molar-refractivity contribution < 1.29 is 9.18 Å². The maximum atomic E-state index is 14.5. The largest absolute Gasteiger partial charge is 0.365 e. The first kappa shape index (κ1) is 18.8. The molecule has 0 saturated heterocycles. The van der Waals surface area contributed by atoms with Crippen LogP contribution in [0.1, 0.15) is 36.0 Å². The lowest BCUT2D eigenvalue weighted by Crippen LogP contribution is -2.43. The van der Waals surface area contributed by atoms with E-state index in [0.717, 1.165) is 31.7 Å². The summed E-state index contributed by atoms with van der Waals surface area (Å²) in [7, 11) is 1.60. The Kier molecular flexibility index (Phi) is 5.41. The molecule has 1 fully saturated rings. The van der Waals surface area contributed by atoms with Crippen LogP contribution in [0.5, 0.6) is 0 Å². The van der Waals surface area contributed by atoms with Crippen LogP contribution in [-0.4, -0.2) is 27.5 Å². The molecule has 1 saturated carbocycles. The van der Waals surface area contributed by atoms with E-state index in [2.05, 4.69) is 15.6 Å². The van der Waals surface area contributed by atoms with E-state index in [4.69, 9.17) is 11.5 Å². The van der Waals surface area contributed by atoms with Crippen LogP contribution in [0.15, 0.2) is 29.2 Å². The smallest absolute Gasteiger partial charge is 0.252 e. The number of halogens is 1. The summed E-state index contributed by atoms with van der Waals surface area (Å²) < 4.78 is 15.9. The lowest BCUT2D eigenvalue weighted by Gasteiger charge is -2.30. The van der Waals surface area contributed by atoms with Crippen molar-refractivity contribution in [3.05, 3.63) is 46.1 Å². The highest BCUT2D eigenvalue weighted by Gasteiger charge is 2.24. The zero-order chi connectivity index (χ0) is 19.6. The second kappa shape index (κ2) is 7.75. The summed E-state index contributed by atoms with van der Waals surface area (Å²) in [5.74, 6) is -1.37. The van der Waals surface area contributed by atoms with Crippen molar-refractivity contribution in [3.63, 3.8) is 0 Å². The molecule has 2 atom stereocenters. The summed E-state index contributed by atoms with van der Waals surface area (Å²) in [5, 5.41) is 5.98. The minimum atomic E-state index is -0.811. The van der Waals surface area contributed by atoms with Crippen molar-refractivity contribution in [2.75, 3.05) is 10.6 Å². The predicted molar refractivity (Wildman–Crippen MR) is 102 cm³/mol. The topological polar surface area (TPSA) is 128 Å². The zero-order valence-electron chi connectivity index (χ0n) is 15.0. The fraction of sp³-hybridized carbons (Fsp3) is 0.389. The maximum absolute atomic E-state index is 14.5. The van der Waals surface area contributed by atoms with E-state index < -0.39 is 11.7 Å². The van der Waals surface area contributed by atoms with Gasteiger partial charge in [-0.1, -0.05) is 12.8 Å². The van der Waals surface area contributed by atoms with Crippen molar-refractivity contribution in [2.24, 2.45) is 18.5 Å². The van der Waals surface area contributed by atoms with E-state index in [1.165, 1.54) is 10.6 Å². The SMILES string of the molecule is Cn1cc(Nc2nc(NC3CCCC[C@@H]3N)c(F)cc2C(N)=O)ccc1=O. The van der Waals surface area contributed by atoms with E-state index in [1.54, 1.807) is 19.3 Å². The van der Waals surface area contributed by atoms with Crippen LogP contribution in [-0.2, 0) is 7.05 Å². The molecule has 0 aliphatic heterocycles. The quantitative estimate of drug-likeness (QED) is 0.627. The van der Waals surface area contributed by atoms with Gasteiger partial charge in [0.25, 0.3) is 5.91 Å². The molecule has 1 aliphatic carbocycles. The number of carbonyl (C=O) groups is 1. The molecule has 0 aromatic carbocycles. The molecule has 1 amide bonds. The number of pyridine rings is 2. The molecule has 144 valence electrons. The van der Waals surface area contributed by atoms with Crippen molar-refractivity contribution in [1.82, 2.24) is 9.55 Å². The van der Waals surface area contributed by atoms with E-state index in [9.17, 15) is 14.0 Å². The Morgan fingerprint density at radius 3 is 2.70 bits per heavy atom. The lowest BCUT2D eigenvalue weighted by atomic mass is 9.91. The number of nitrogens with one attached hydrogen (secondary N) is 2. The van der Waals surface area contributed by atoms with Crippen LogP contribution >= 0.6 is 0 Å². The summed E-state index contributed by atoms with van der Waals surface area (Å²) in [6.07, 6.45) is 5.29. The van der Waals surface area contributed by atoms with E-state index in [-0.39, 0.29) is 34.8 Å². The van der Waals surface area contributed by atoms with Gasteiger partial charge in [0.05, 0.1) is 11.3 Å². The molecule has 2 aromatic rings. The van der Waals surface area contributed by atoms with Gasteiger partial charge in [0.15, 0.2) is 11.6 Å². The highest BCUT2D eigenvalue weighted by Crippen LogP contribution is 2.26. The molecule has 6 N–H and O–H groups in total. The van der Waals surface area contributed by atoms with Crippen LogP contribution in [0.25, 0.3) is 0 Å². The van der Waals surface area contributed by atoms with Crippen LogP contribution in [0.2, 0.25) is 0 Å². The number of aromatic nitrogens is 2. The van der Waals surface area contributed by atoms with Crippen LogP contribution in [0, 0.1) is 5.82 Å². The van der Waals surface area contributed by atoms with Crippen molar-refractivity contribution in [3.8, 4) is 0 Å². The molecular formula is C18H23FN6O2. The molecule has 1 unspecified atom stereocenters. The molecule has 1 aliphatic rings. The third kappa shape index (κ3) is 4.25. The third-order valence-corrected chi connectivity index (χ3v) is 4.73.